The summed E-state index contributed by atoms with van der Waals surface area (Å²) in [6, 6.07) is 0. The first-order valence-corrected chi connectivity index (χ1v) is 7.02. The Balaban J connectivity index is 0. The fourth-order valence-corrected chi connectivity index (χ4v) is 1.95. The predicted molar refractivity (Wildman–Crippen MR) is 76.7 cm³/mol. The van der Waals surface area contributed by atoms with Crippen molar-refractivity contribution in [1.82, 2.24) is 0 Å². The monoisotopic (exact) mass is 240 g/mol. The normalized spacial score (nSPS) is 10.1. The summed E-state index contributed by atoms with van der Waals surface area (Å²) in [5, 5.41) is 8.61. The highest BCUT2D eigenvalue weighted by molar-refractivity contribution is 5.75. The SMILES string of the molecule is CCCCCCCCCCCCCCO.[MgH2]. The Labute approximate surface area is 119 Å². The van der Waals surface area contributed by atoms with Crippen molar-refractivity contribution in [3.8, 4) is 0 Å². The summed E-state index contributed by atoms with van der Waals surface area (Å²) < 4.78 is 0. The molecule has 0 amide bonds. The van der Waals surface area contributed by atoms with Crippen LogP contribution in [0.3, 0.4) is 0 Å². The van der Waals surface area contributed by atoms with Crippen LogP contribution in [-0.4, -0.2) is 34.8 Å². The van der Waals surface area contributed by atoms with Gasteiger partial charge in [-0.2, -0.15) is 0 Å². The molecule has 0 saturated carbocycles. The first kappa shape index (κ1) is 19.1. The number of hydrogen-bond acceptors (Lipinski definition) is 1. The molecule has 0 rings (SSSR count). The van der Waals surface area contributed by atoms with E-state index >= 15 is 0 Å². The summed E-state index contributed by atoms with van der Waals surface area (Å²) in [5.41, 5.74) is 0. The number of unbranched alkanes of at least 4 members (excludes halogenated alkanes) is 11. The standard InChI is InChI=1S/C14H30O.Mg.2H/c1-2-3-4-5-6-7-8-9-10-11-12-13-14-15;;;/h15H,2-14H2,1H3;;;. The van der Waals surface area contributed by atoms with Crippen molar-refractivity contribution in [1.29, 1.82) is 0 Å². The lowest BCUT2D eigenvalue weighted by Gasteiger charge is -2.01. The van der Waals surface area contributed by atoms with Gasteiger partial charge in [0.1, 0.15) is 0 Å². The third-order valence-corrected chi connectivity index (χ3v) is 3.01. The van der Waals surface area contributed by atoms with Gasteiger partial charge >= 0.3 is 23.1 Å². The molecule has 0 heterocycles. The summed E-state index contributed by atoms with van der Waals surface area (Å²) in [4.78, 5) is 0. The molecular formula is C14H32MgO. The molecule has 0 aliphatic carbocycles. The molecule has 0 aliphatic rings. The van der Waals surface area contributed by atoms with Gasteiger partial charge in [-0.15, -0.1) is 0 Å². The second-order valence-corrected chi connectivity index (χ2v) is 4.61. The van der Waals surface area contributed by atoms with Crippen molar-refractivity contribution in [3.63, 3.8) is 0 Å². The highest BCUT2D eigenvalue weighted by atomic mass is 24.3. The van der Waals surface area contributed by atoms with E-state index in [0.717, 1.165) is 6.42 Å². The van der Waals surface area contributed by atoms with E-state index in [-0.39, 0.29) is 23.1 Å². The molecule has 0 saturated heterocycles. The lowest BCUT2D eigenvalue weighted by Crippen LogP contribution is -1.84. The zero-order chi connectivity index (χ0) is 11.2. The molecule has 1 N–H and O–H groups in total. The molecule has 0 bridgehead atoms. The van der Waals surface area contributed by atoms with Crippen LogP contribution in [0.1, 0.15) is 84.0 Å². The molecule has 0 aliphatic heterocycles. The van der Waals surface area contributed by atoms with Gasteiger partial charge in [0.05, 0.1) is 0 Å². The molecule has 16 heavy (non-hydrogen) atoms. The van der Waals surface area contributed by atoms with Gasteiger partial charge in [-0.05, 0) is 6.42 Å². The Morgan fingerprint density at radius 2 is 0.875 bits per heavy atom. The van der Waals surface area contributed by atoms with E-state index < -0.39 is 0 Å². The fourth-order valence-electron chi connectivity index (χ4n) is 1.95. The minimum Gasteiger partial charge on any atom is -0.396 e. The predicted octanol–water partition coefficient (Wildman–Crippen LogP) is 3.76. The largest absolute Gasteiger partial charge is 0.396 e. The molecule has 0 radical (unpaired) electrons. The number of aliphatic hydroxyl groups is 1. The number of aliphatic hydroxyl groups excluding tert-OH is 1. The van der Waals surface area contributed by atoms with Gasteiger partial charge in [0.15, 0.2) is 0 Å². The lowest BCUT2D eigenvalue weighted by molar-refractivity contribution is 0.282. The maximum atomic E-state index is 8.61. The Kier molecular flexibility index (Phi) is 21.6. The van der Waals surface area contributed by atoms with E-state index in [9.17, 15) is 0 Å². The smallest absolute Gasteiger partial charge is 0.316 e. The topological polar surface area (TPSA) is 20.2 Å². The van der Waals surface area contributed by atoms with Crippen LogP contribution in [0.2, 0.25) is 0 Å². The van der Waals surface area contributed by atoms with Crippen molar-refractivity contribution in [2.75, 3.05) is 6.61 Å². The van der Waals surface area contributed by atoms with E-state index in [0.29, 0.717) is 6.61 Å². The summed E-state index contributed by atoms with van der Waals surface area (Å²) in [5.74, 6) is 0. The summed E-state index contributed by atoms with van der Waals surface area (Å²) in [6.45, 7) is 2.64. The van der Waals surface area contributed by atoms with Crippen LogP contribution in [0.25, 0.3) is 0 Å². The average Bonchev–Trinajstić information content (AvgIpc) is 2.26. The minimum absolute atomic E-state index is 0. The Hall–Kier alpha value is 0.726. The van der Waals surface area contributed by atoms with E-state index in [2.05, 4.69) is 6.92 Å². The van der Waals surface area contributed by atoms with Crippen LogP contribution >= 0.6 is 0 Å². The molecule has 2 heteroatoms. The lowest BCUT2D eigenvalue weighted by atomic mass is 10.1. The van der Waals surface area contributed by atoms with Crippen molar-refractivity contribution in [3.05, 3.63) is 0 Å². The van der Waals surface area contributed by atoms with Gasteiger partial charge in [0.2, 0.25) is 0 Å². The van der Waals surface area contributed by atoms with Gasteiger partial charge in [0, 0.05) is 6.61 Å². The van der Waals surface area contributed by atoms with Crippen molar-refractivity contribution in [2.45, 2.75) is 84.0 Å². The van der Waals surface area contributed by atoms with Crippen molar-refractivity contribution >= 4 is 23.1 Å². The first-order valence-electron chi connectivity index (χ1n) is 7.02. The fraction of sp³-hybridized carbons (Fsp3) is 1.00. The summed E-state index contributed by atoms with van der Waals surface area (Å²) in [7, 11) is 0. The quantitative estimate of drug-likeness (QED) is 0.407. The second kappa shape index (κ2) is 18.1. The van der Waals surface area contributed by atoms with Crippen LogP contribution in [0.4, 0.5) is 0 Å². The molecule has 0 aromatic rings. The van der Waals surface area contributed by atoms with Crippen molar-refractivity contribution in [2.24, 2.45) is 0 Å². The second-order valence-electron chi connectivity index (χ2n) is 4.61. The van der Waals surface area contributed by atoms with Gasteiger partial charge < -0.3 is 5.11 Å². The molecule has 0 spiro atoms. The van der Waals surface area contributed by atoms with Gasteiger partial charge in [-0.25, -0.2) is 0 Å². The van der Waals surface area contributed by atoms with E-state index in [1.165, 1.54) is 70.6 Å². The number of rotatable bonds is 12. The third kappa shape index (κ3) is 17.1. The van der Waals surface area contributed by atoms with Gasteiger partial charge in [-0.3, -0.25) is 0 Å². The Bertz CT molecular complexity index is 94.9. The molecule has 0 aromatic carbocycles. The molecule has 0 atom stereocenters. The zero-order valence-electron chi connectivity index (χ0n) is 10.6. The molecule has 1 nitrogen and oxygen atoms in total. The first-order chi connectivity index (χ1) is 7.41. The highest BCUT2D eigenvalue weighted by Crippen LogP contribution is 2.11. The third-order valence-electron chi connectivity index (χ3n) is 3.01. The van der Waals surface area contributed by atoms with Crippen LogP contribution in [0.5, 0.6) is 0 Å². The molecule has 0 unspecified atom stereocenters. The van der Waals surface area contributed by atoms with E-state index in [4.69, 9.17) is 5.11 Å². The zero-order valence-corrected chi connectivity index (χ0v) is 10.6. The van der Waals surface area contributed by atoms with Crippen molar-refractivity contribution < 1.29 is 5.11 Å². The highest BCUT2D eigenvalue weighted by Gasteiger charge is 1.92. The molecule has 96 valence electrons. The Morgan fingerprint density at radius 1 is 0.562 bits per heavy atom. The Morgan fingerprint density at radius 3 is 1.19 bits per heavy atom. The maximum absolute atomic E-state index is 8.61. The summed E-state index contributed by atoms with van der Waals surface area (Å²) >= 11 is 0. The molecule has 0 aromatic heterocycles. The minimum atomic E-state index is 0. The van der Waals surface area contributed by atoms with E-state index in [1.807, 2.05) is 0 Å². The van der Waals surface area contributed by atoms with Crippen LogP contribution < -0.4 is 0 Å². The molecule has 0 fully saturated rings. The van der Waals surface area contributed by atoms with Crippen LogP contribution in [0.15, 0.2) is 0 Å². The molecular weight excluding hydrogens is 208 g/mol. The van der Waals surface area contributed by atoms with E-state index in [1.54, 1.807) is 0 Å². The number of hydrogen-bond donors (Lipinski definition) is 1. The summed E-state index contributed by atoms with van der Waals surface area (Å²) in [6.07, 6.45) is 16.2. The maximum Gasteiger partial charge on any atom is 0.316 e. The van der Waals surface area contributed by atoms with Gasteiger partial charge in [-0.1, -0.05) is 77.6 Å². The van der Waals surface area contributed by atoms with Crippen LogP contribution in [-0.2, 0) is 0 Å². The van der Waals surface area contributed by atoms with Crippen LogP contribution in [0, 0.1) is 0 Å². The van der Waals surface area contributed by atoms with Gasteiger partial charge in [0.25, 0.3) is 0 Å². The average molecular weight is 241 g/mol.